The number of phenolic OH excluding ortho intramolecular Hbond substituents is 1. The van der Waals surface area contributed by atoms with Crippen molar-refractivity contribution in [2.75, 3.05) is 0 Å². The predicted octanol–water partition coefficient (Wildman–Crippen LogP) is 7.78. The van der Waals surface area contributed by atoms with Gasteiger partial charge in [0.1, 0.15) is 5.75 Å². The number of phenols is 1. The van der Waals surface area contributed by atoms with Crippen LogP contribution >= 0.6 is 23.2 Å². The van der Waals surface area contributed by atoms with Crippen LogP contribution in [0.4, 0.5) is 0 Å². The fourth-order valence-electron chi connectivity index (χ4n) is 4.45. The second-order valence-corrected chi connectivity index (χ2v) is 12.5. The van der Waals surface area contributed by atoms with E-state index >= 15 is 0 Å². The molecular formula is C30H37Cl2N3O2. The third-order valence-corrected chi connectivity index (χ3v) is 6.83. The Morgan fingerprint density at radius 1 is 0.946 bits per heavy atom. The lowest BCUT2D eigenvalue weighted by Crippen LogP contribution is -2.20. The van der Waals surface area contributed by atoms with E-state index in [-0.39, 0.29) is 23.2 Å². The van der Waals surface area contributed by atoms with Crippen LogP contribution in [0, 0.1) is 13.8 Å². The van der Waals surface area contributed by atoms with Gasteiger partial charge in [0.25, 0.3) is 0 Å². The van der Waals surface area contributed by atoms with Gasteiger partial charge in [-0.15, -0.1) is 0 Å². The van der Waals surface area contributed by atoms with Crippen molar-refractivity contribution in [3.8, 4) is 11.4 Å². The Morgan fingerprint density at radius 3 is 2.00 bits per heavy atom. The normalized spacial score (nSPS) is 12.4. The number of aryl methyl sites for hydroxylation is 2. The maximum absolute atomic E-state index is 12.6. The third-order valence-electron chi connectivity index (χ3n) is 6.40. The van der Waals surface area contributed by atoms with Crippen LogP contribution in [0.1, 0.15) is 81.6 Å². The lowest BCUT2D eigenvalue weighted by atomic mass is 9.78. The van der Waals surface area contributed by atoms with Crippen LogP contribution in [0.25, 0.3) is 5.69 Å². The summed E-state index contributed by atoms with van der Waals surface area (Å²) in [5.74, 6) is 0.171. The molecule has 37 heavy (non-hydrogen) atoms. The molecule has 0 saturated heterocycles. The Balaban J connectivity index is 1.72. The number of aromatic nitrogens is 1. The number of hydrogen-bond donors (Lipinski definition) is 2. The zero-order valence-corrected chi connectivity index (χ0v) is 24.5. The van der Waals surface area contributed by atoms with Crippen LogP contribution in [0.3, 0.4) is 0 Å². The summed E-state index contributed by atoms with van der Waals surface area (Å²) in [5, 5.41) is 16.2. The number of aromatic hydroxyl groups is 1. The van der Waals surface area contributed by atoms with Gasteiger partial charge in [0.15, 0.2) is 0 Å². The zero-order chi connectivity index (χ0) is 27.7. The Bertz CT molecular complexity index is 1290. The van der Waals surface area contributed by atoms with Gasteiger partial charge in [-0.05, 0) is 72.1 Å². The van der Waals surface area contributed by atoms with Crippen LogP contribution in [0.5, 0.6) is 5.75 Å². The summed E-state index contributed by atoms with van der Waals surface area (Å²) < 4.78 is 2.05. The maximum Gasteiger partial charge on any atom is 0.240 e. The molecule has 2 N–H and O–H groups in total. The number of amides is 1. The number of nitrogens with zero attached hydrogens (tertiary/aromatic N) is 2. The molecule has 5 nitrogen and oxygen atoms in total. The predicted molar refractivity (Wildman–Crippen MR) is 155 cm³/mol. The fourth-order valence-corrected chi connectivity index (χ4v) is 4.97. The van der Waals surface area contributed by atoms with Gasteiger partial charge in [0.05, 0.1) is 6.21 Å². The molecule has 0 saturated carbocycles. The molecule has 0 unspecified atom stereocenters. The lowest BCUT2D eigenvalue weighted by molar-refractivity contribution is -0.121. The standard InChI is InChI=1S/C30H37Cl2N3O2/c1-18-11-21(19(2)35(18)24-15-22(31)14-23(32)16-24)17-33-34-27(36)10-9-20-12-25(29(3,4)5)28(37)26(13-20)30(6,7)8/h11-17,37H,9-10H2,1-8H3,(H,34,36)/b33-17-. The molecule has 0 spiro atoms. The third kappa shape index (κ3) is 6.97. The molecule has 0 fully saturated rings. The van der Waals surface area contributed by atoms with Gasteiger partial charge >= 0.3 is 0 Å². The number of nitrogens with one attached hydrogen (secondary N) is 1. The van der Waals surface area contributed by atoms with E-state index < -0.39 is 0 Å². The van der Waals surface area contributed by atoms with Crippen molar-refractivity contribution < 1.29 is 9.90 Å². The van der Waals surface area contributed by atoms with Crippen molar-refractivity contribution in [2.24, 2.45) is 5.10 Å². The van der Waals surface area contributed by atoms with Crippen molar-refractivity contribution in [1.82, 2.24) is 9.99 Å². The topological polar surface area (TPSA) is 66.6 Å². The average Bonchev–Trinajstić information content (AvgIpc) is 3.03. The smallest absolute Gasteiger partial charge is 0.240 e. The van der Waals surface area contributed by atoms with Crippen molar-refractivity contribution in [3.63, 3.8) is 0 Å². The maximum atomic E-state index is 12.6. The first-order valence-corrected chi connectivity index (χ1v) is 13.2. The van der Waals surface area contributed by atoms with Crippen molar-refractivity contribution in [2.45, 2.75) is 79.1 Å². The summed E-state index contributed by atoms with van der Waals surface area (Å²) in [6.45, 7) is 16.5. The number of halogens is 2. The quantitative estimate of drug-likeness (QED) is 0.247. The highest BCUT2D eigenvalue weighted by Gasteiger charge is 2.26. The molecule has 0 aliphatic heterocycles. The Labute approximate surface area is 230 Å². The first-order valence-electron chi connectivity index (χ1n) is 12.4. The summed E-state index contributed by atoms with van der Waals surface area (Å²) in [6.07, 6.45) is 2.49. The Morgan fingerprint density at radius 2 is 1.49 bits per heavy atom. The molecule has 0 atom stereocenters. The molecule has 1 aromatic heterocycles. The number of carbonyl (C=O) groups is 1. The largest absolute Gasteiger partial charge is 0.507 e. The monoisotopic (exact) mass is 541 g/mol. The van der Waals surface area contributed by atoms with Gasteiger partial charge in [-0.1, -0.05) is 76.9 Å². The first kappa shape index (κ1) is 28.8. The average molecular weight is 543 g/mol. The van der Waals surface area contributed by atoms with Gasteiger partial charge in [-0.2, -0.15) is 5.10 Å². The van der Waals surface area contributed by atoms with Crippen LogP contribution in [0.15, 0.2) is 41.5 Å². The number of hydrogen-bond acceptors (Lipinski definition) is 3. The van der Waals surface area contributed by atoms with Gasteiger partial charge in [-0.3, -0.25) is 4.79 Å². The molecule has 1 heterocycles. The Kier molecular flexibility index (Phi) is 8.50. The van der Waals surface area contributed by atoms with E-state index in [9.17, 15) is 9.90 Å². The summed E-state index contributed by atoms with van der Waals surface area (Å²) in [6, 6.07) is 11.4. The Hall–Kier alpha value is -2.76. The highest BCUT2D eigenvalue weighted by Crippen LogP contribution is 2.40. The summed E-state index contributed by atoms with van der Waals surface area (Å²) in [7, 11) is 0. The SMILES string of the molecule is Cc1cc(/C=N\NC(=O)CCc2cc(C(C)(C)C)c(O)c(C(C)(C)C)c2)c(C)n1-c1cc(Cl)cc(Cl)c1. The number of hydrazone groups is 1. The molecular weight excluding hydrogens is 505 g/mol. The number of rotatable bonds is 6. The summed E-state index contributed by atoms with van der Waals surface area (Å²) in [4.78, 5) is 12.6. The van der Waals surface area contributed by atoms with E-state index in [4.69, 9.17) is 23.2 Å². The second kappa shape index (κ2) is 10.9. The molecule has 1 amide bonds. The van der Waals surface area contributed by atoms with Gasteiger partial charge < -0.3 is 9.67 Å². The minimum atomic E-state index is -0.213. The fraction of sp³-hybridized carbons (Fsp3) is 0.400. The minimum Gasteiger partial charge on any atom is -0.507 e. The highest BCUT2D eigenvalue weighted by molar-refractivity contribution is 6.34. The van der Waals surface area contributed by atoms with Crippen molar-refractivity contribution in [3.05, 3.63) is 80.1 Å². The van der Waals surface area contributed by atoms with E-state index in [1.807, 2.05) is 48.7 Å². The summed E-state index contributed by atoms with van der Waals surface area (Å²) in [5.41, 5.74) is 8.75. The van der Waals surface area contributed by atoms with E-state index in [1.165, 1.54) is 0 Å². The van der Waals surface area contributed by atoms with Crippen LogP contribution in [0.2, 0.25) is 10.0 Å². The van der Waals surface area contributed by atoms with Gasteiger partial charge in [0.2, 0.25) is 5.91 Å². The van der Waals surface area contributed by atoms with Crippen LogP contribution in [-0.4, -0.2) is 21.8 Å². The highest BCUT2D eigenvalue weighted by atomic mass is 35.5. The van der Waals surface area contributed by atoms with Gasteiger partial charge in [0, 0.05) is 39.1 Å². The van der Waals surface area contributed by atoms with Gasteiger partial charge in [-0.25, -0.2) is 5.43 Å². The van der Waals surface area contributed by atoms with Crippen LogP contribution in [-0.2, 0) is 22.0 Å². The number of benzene rings is 2. The van der Waals surface area contributed by atoms with Crippen LogP contribution < -0.4 is 5.43 Å². The molecule has 198 valence electrons. The summed E-state index contributed by atoms with van der Waals surface area (Å²) >= 11 is 12.4. The van der Waals surface area contributed by atoms with E-state index in [2.05, 4.69) is 52.1 Å². The molecule has 0 aliphatic rings. The molecule has 3 aromatic rings. The van der Waals surface area contributed by atoms with Crippen molar-refractivity contribution >= 4 is 35.3 Å². The zero-order valence-electron chi connectivity index (χ0n) is 23.0. The first-order chi connectivity index (χ1) is 17.1. The second-order valence-electron chi connectivity index (χ2n) is 11.6. The van der Waals surface area contributed by atoms with Crippen molar-refractivity contribution in [1.29, 1.82) is 0 Å². The molecule has 3 rings (SSSR count). The number of carbonyl (C=O) groups excluding carboxylic acids is 1. The molecule has 0 aliphatic carbocycles. The van der Waals surface area contributed by atoms with E-state index in [1.54, 1.807) is 12.3 Å². The van der Waals surface area contributed by atoms with E-state index in [0.717, 1.165) is 39.3 Å². The molecule has 0 radical (unpaired) electrons. The molecule has 0 bridgehead atoms. The van der Waals surface area contributed by atoms with E-state index in [0.29, 0.717) is 22.2 Å². The lowest BCUT2D eigenvalue weighted by Gasteiger charge is -2.28. The molecule has 7 heteroatoms. The minimum absolute atomic E-state index is 0.172. The molecule has 2 aromatic carbocycles.